The van der Waals surface area contributed by atoms with E-state index >= 15 is 0 Å². The van der Waals surface area contributed by atoms with Gasteiger partial charge in [0.05, 0.1) is 5.56 Å². The minimum absolute atomic E-state index is 0.187. The minimum atomic E-state index is -1.52. The van der Waals surface area contributed by atoms with Gasteiger partial charge < -0.3 is 15.0 Å². The highest BCUT2D eigenvalue weighted by Crippen LogP contribution is 2.20. The molecule has 23 heavy (non-hydrogen) atoms. The smallest absolute Gasteiger partial charge is 0.268 e. The second-order valence-electron chi connectivity index (χ2n) is 5.14. The van der Waals surface area contributed by atoms with Crippen molar-refractivity contribution in [3.8, 4) is 0 Å². The first-order chi connectivity index (χ1) is 10.8. The molecule has 1 atom stereocenters. The normalized spacial score (nSPS) is 12.0. The van der Waals surface area contributed by atoms with Crippen LogP contribution in [0.15, 0.2) is 30.5 Å². The van der Waals surface area contributed by atoms with E-state index in [0.717, 1.165) is 12.1 Å². The molecular formula is C16H16F2N2O3. The molecule has 0 aliphatic rings. The van der Waals surface area contributed by atoms with Gasteiger partial charge in [0.25, 0.3) is 5.91 Å². The number of aliphatic hydroxyl groups excluding tert-OH is 1. The number of aliphatic hydroxyl groups is 1. The van der Waals surface area contributed by atoms with E-state index in [4.69, 9.17) is 0 Å². The molecule has 0 radical (unpaired) electrons. The largest absolute Gasteiger partial charge is 0.386 e. The maximum atomic E-state index is 13.6. The lowest BCUT2D eigenvalue weighted by Crippen LogP contribution is -2.30. The molecule has 7 heteroatoms. The van der Waals surface area contributed by atoms with Crippen LogP contribution >= 0.6 is 0 Å². The van der Waals surface area contributed by atoms with Crippen LogP contribution in [-0.4, -0.2) is 27.9 Å². The Morgan fingerprint density at radius 3 is 2.43 bits per heavy atom. The third-order valence-electron chi connectivity index (χ3n) is 3.43. The Morgan fingerprint density at radius 1 is 1.30 bits per heavy atom. The van der Waals surface area contributed by atoms with Crippen LogP contribution in [0.2, 0.25) is 0 Å². The number of ketones is 1. The van der Waals surface area contributed by atoms with Crippen LogP contribution in [0.3, 0.4) is 0 Å². The zero-order chi connectivity index (χ0) is 17.1. The Balaban J connectivity index is 2.08. The van der Waals surface area contributed by atoms with Crippen molar-refractivity contribution in [2.75, 3.05) is 6.54 Å². The number of rotatable bonds is 5. The molecule has 0 spiro atoms. The number of aromatic nitrogens is 1. The number of aryl methyl sites for hydroxylation is 1. The second-order valence-corrected chi connectivity index (χ2v) is 5.14. The number of hydrogen-bond donors (Lipinski definition) is 2. The fourth-order valence-corrected chi connectivity index (χ4v) is 2.19. The molecule has 0 aliphatic heterocycles. The third kappa shape index (κ3) is 3.62. The molecule has 0 saturated heterocycles. The van der Waals surface area contributed by atoms with Gasteiger partial charge in [0.15, 0.2) is 5.78 Å². The van der Waals surface area contributed by atoms with E-state index < -0.39 is 29.2 Å². The highest BCUT2D eigenvalue weighted by atomic mass is 19.1. The van der Waals surface area contributed by atoms with Gasteiger partial charge in [-0.25, -0.2) is 8.78 Å². The Bertz CT molecular complexity index is 736. The fraction of sp³-hybridized carbons (Fsp3) is 0.250. The van der Waals surface area contributed by atoms with Gasteiger partial charge >= 0.3 is 0 Å². The average Bonchev–Trinajstić information content (AvgIpc) is 2.87. The highest BCUT2D eigenvalue weighted by Gasteiger charge is 2.20. The summed E-state index contributed by atoms with van der Waals surface area (Å²) in [6.07, 6.45) is -0.0165. The average molecular weight is 322 g/mol. The number of Topliss-reactive ketones (excluding diaryl/α,β-unsaturated/α-hetero) is 1. The van der Waals surface area contributed by atoms with Crippen molar-refractivity contribution >= 4 is 11.7 Å². The van der Waals surface area contributed by atoms with Crippen molar-refractivity contribution in [3.05, 3.63) is 58.9 Å². The molecule has 2 rings (SSSR count). The topological polar surface area (TPSA) is 71.3 Å². The molecular weight excluding hydrogens is 306 g/mol. The monoisotopic (exact) mass is 322 g/mol. The predicted molar refractivity (Wildman–Crippen MR) is 79.1 cm³/mol. The molecule has 2 N–H and O–H groups in total. The number of amides is 1. The summed E-state index contributed by atoms with van der Waals surface area (Å²) in [6, 6.07) is 4.65. The van der Waals surface area contributed by atoms with Crippen molar-refractivity contribution in [1.29, 1.82) is 0 Å². The summed E-state index contributed by atoms with van der Waals surface area (Å²) in [5, 5.41) is 12.3. The van der Waals surface area contributed by atoms with Crippen LogP contribution in [0, 0.1) is 11.6 Å². The summed E-state index contributed by atoms with van der Waals surface area (Å²) < 4.78 is 28.6. The van der Waals surface area contributed by atoms with Gasteiger partial charge in [-0.2, -0.15) is 0 Å². The molecule has 0 aliphatic carbocycles. The summed E-state index contributed by atoms with van der Waals surface area (Å²) in [4.78, 5) is 23.4. The highest BCUT2D eigenvalue weighted by molar-refractivity contribution is 5.99. The van der Waals surface area contributed by atoms with Gasteiger partial charge in [0.1, 0.15) is 23.4 Å². The van der Waals surface area contributed by atoms with Crippen molar-refractivity contribution in [1.82, 2.24) is 9.88 Å². The number of carbonyl (C=O) groups excluding carboxylic acids is 2. The fourth-order valence-electron chi connectivity index (χ4n) is 2.19. The van der Waals surface area contributed by atoms with E-state index in [1.807, 2.05) is 0 Å². The molecule has 5 nitrogen and oxygen atoms in total. The summed E-state index contributed by atoms with van der Waals surface area (Å²) in [6.45, 7) is 1.01. The first-order valence-electron chi connectivity index (χ1n) is 6.88. The lowest BCUT2D eigenvalue weighted by atomic mass is 10.1. The Hall–Kier alpha value is -2.54. The van der Waals surface area contributed by atoms with Crippen molar-refractivity contribution in [3.63, 3.8) is 0 Å². The summed E-state index contributed by atoms with van der Waals surface area (Å²) in [5.74, 6) is -2.52. The summed E-state index contributed by atoms with van der Waals surface area (Å²) >= 11 is 0. The van der Waals surface area contributed by atoms with Gasteiger partial charge in [0.2, 0.25) is 0 Å². The van der Waals surface area contributed by atoms with Crippen LogP contribution in [0.1, 0.15) is 39.4 Å². The van der Waals surface area contributed by atoms with Gasteiger partial charge in [-0.3, -0.25) is 9.59 Å². The standard InChI is InChI=1S/C16H16F2N2O3/c1-9(21)10-6-13(20(2)8-10)16(23)19-7-14(22)15-11(17)4-3-5-12(15)18/h3-6,8,14,22H,7H2,1-2H3,(H,19,23). The zero-order valence-corrected chi connectivity index (χ0v) is 12.6. The maximum absolute atomic E-state index is 13.6. The molecule has 1 aromatic carbocycles. The van der Waals surface area contributed by atoms with Gasteiger partial charge in [-0.05, 0) is 25.1 Å². The minimum Gasteiger partial charge on any atom is -0.386 e. The Labute approximate surface area is 131 Å². The van der Waals surface area contributed by atoms with Gasteiger partial charge in [-0.1, -0.05) is 6.07 Å². The summed E-state index contributed by atoms with van der Waals surface area (Å²) in [7, 11) is 1.59. The molecule has 0 fully saturated rings. The quantitative estimate of drug-likeness (QED) is 0.827. The van der Waals surface area contributed by atoms with Crippen LogP contribution in [0.4, 0.5) is 8.78 Å². The van der Waals surface area contributed by atoms with E-state index in [9.17, 15) is 23.5 Å². The molecule has 1 aromatic heterocycles. The first-order valence-corrected chi connectivity index (χ1v) is 6.88. The Kier molecular flexibility index (Phi) is 4.90. The number of halogens is 2. The predicted octanol–water partition coefficient (Wildman–Crippen LogP) is 1.97. The van der Waals surface area contributed by atoms with E-state index in [0.29, 0.717) is 5.56 Å². The lowest BCUT2D eigenvalue weighted by molar-refractivity contribution is 0.0903. The van der Waals surface area contributed by atoms with E-state index in [2.05, 4.69) is 5.32 Å². The van der Waals surface area contributed by atoms with Crippen molar-refractivity contribution < 1.29 is 23.5 Å². The van der Waals surface area contributed by atoms with Crippen molar-refractivity contribution in [2.24, 2.45) is 7.05 Å². The number of carbonyl (C=O) groups is 2. The SMILES string of the molecule is CC(=O)c1cc(C(=O)NCC(O)c2c(F)cccc2F)n(C)c1. The molecule has 0 saturated carbocycles. The number of benzene rings is 1. The maximum Gasteiger partial charge on any atom is 0.268 e. The molecule has 2 aromatic rings. The molecule has 1 unspecified atom stereocenters. The third-order valence-corrected chi connectivity index (χ3v) is 3.43. The van der Waals surface area contributed by atoms with Crippen molar-refractivity contribution in [2.45, 2.75) is 13.0 Å². The molecule has 0 bridgehead atoms. The number of nitrogens with zero attached hydrogens (tertiary/aromatic N) is 1. The zero-order valence-electron chi connectivity index (χ0n) is 12.6. The van der Waals surface area contributed by atoms with Crippen LogP contribution in [-0.2, 0) is 7.05 Å². The van der Waals surface area contributed by atoms with Crippen LogP contribution in [0.5, 0.6) is 0 Å². The van der Waals surface area contributed by atoms with Crippen LogP contribution < -0.4 is 5.32 Å². The van der Waals surface area contributed by atoms with Gasteiger partial charge in [0, 0.05) is 25.4 Å². The molecule has 1 amide bonds. The molecule has 122 valence electrons. The van der Waals surface area contributed by atoms with E-state index in [1.54, 1.807) is 7.05 Å². The number of hydrogen-bond acceptors (Lipinski definition) is 3. The molecule has 1 heterocycles. The number of nitrogens with one attached hydrogen (secondary N) is 1. The van der Waals surface area contributed by atoms with Gasteiger partial charge in [-0.15, -0.1) is 0 Å². The van der Waals surface area contributed by atoms with Crippen LogP contribution in [0.25, 0.3) is 0 Å². The second kappa shape index (κ2) is 6.70. The van der Waals surface area contributed by atoms with E-state index in [1.165, 1.54) is 29.8 Å². The first kappa shape index (κ1) is 16.8. The lowest BCUT2D eigenvalue weighted by Gasteiger charge is -2.14. The van der Waals surface area contributed by atoms with E-state index in [-0.39, 0.29) is 18.0 Å². The summed E-state index contributed by atoms with van der Waals surface area (Å²) in [5.41, 5.74) is 0.0823. The Morgan fingerprint density at radius 2 is 1.91 bits per heavy atom.